The Hall–Kier alpha value is -1.57. The first-order valence-electron chi connectivity index (χ1n) is 7.49. The van der Waals surface area contributed by atoms with E-state index in [9.17, 15) is 5.26 Å². The van der Waals surface area contributed by atoms with Crippen molar-refractivity contribution in [2.75, 3.05) is 27.4 Å². The predicted molar refractivity (Wildman–Crippen MR) is 82.2 cm³/mol. The molecule has 1 atom stereocenters. The second-order valence-corrected chi connectivity index (χ2v) is 5.69. The smallest absolute Gasteiger partial charge is 0.136 e. The minimum atomic E-state index is 0.563. The highest BCUT2D eigenvalue weighted by molar-refractivity contribution is 5.45. The Morgan fingerprint density at radius 3 is 2.71 bits per heavy atom. The molecule has 1 aromatic rings. The summed E-state index contributed by atoms with van der Waals surface area (Å²) < 4.78 is 10.4. The van der Waals surface area contributed by atoms with Gasteiger partial charge >= 0.3 is 0 Å². The summed E-state index contributed by atoms with van der Waals surface area (Å²) in [6, 6.07) is 8.61. The highest BCUT2D eigenvalue weighted by Gasteiger charge is 2.31. The third-order valence-electron chi connectivity index (χ3n) is 4.23. The van der Waals surface area contributed by atoms with Crippen molar-refractivity contribution in [2.24, 2.45) is 5.92 Å². The molecule has 4 nitrogen and oxygen atoms in total. The lowest BCUT2D eigenvalue weighted by Gasteiger charge is -2.29. The van der Waals surface area contributed by atoms with E-state index < -0.39 is 0 Å². The van der Waals surface area contributed by atoms with Crippen LogP contribution in [0.15, 0.2) is 18.2 Å². The van der Waals surface area contributed by atoms with Crippen LogP contribution in [0.1, 0.15) is 30.9 Å². The maximum atomic E-state index is 9.19. The molecule has 4 heteroatoms. The van der Waals surface area contributed by atoms with Gasteiger partial charge in [-0.15, -0.1) is 0 Å². The molecule has 0 spiro atoms. The molecule has 0 radical (unpaired) electrons. The van der Waals surface area contributed by atoms with Crippen LogP contribution in [0.4, 0.5) is 0 Å². The topological polar surface area (TPSA) is 45.5 Å². The Bertz CT molecular complexity index is 506. The van der Waals surface area contributed by atoms with Crippen molar-refractivity contribution >= 4 is 0 Å². The van der Waals surface area contributed by atoms with Gasteiger partial charge in [-0.25, -0.2) is 0 Å². The lowest BCUT2D eigenvalue weighted by Crippen LogP contribution is -2.36. The first-order chi connectivity index (χ1) is 10.2. The Kier molecular flexibility index (Phi) is 5.60. The molecule has 0 N–H and O–H groups in total. The van der Waals surface area contributed by atoms with Gasteiger partial charge in [0.1, 0.15) is 11.8 Å². The highest BCUT2D eigenvalue weighted by Crippen LogP contribution is 2.35. The van der Waals surface area contributed by atoms with E-state index in [2.05, 4.69) is 17.9 Å². The van der Waals surface area contributed by atoms with Crippen molar-refractivity contribution in [3.05, 3.63) is 29.3 Å². The number of nitrogens with zero attached hydrogens (tertiary/aromatic N) is 2. The Morgan fingerprint density at radius 1 is 1.38 bits per heavy atom. The van der Waals surface area contributed by atoms with E-state index in [0.29, 0.717) is 17.4 Å². The summed E-state index contributed by atoms with van der Waals surface area (Å²) in [5, 5.41) is 9.19. The number of nitriles is 1. The van der Waals surface area contributed by atoms with E-state index in [0.717, 1.165) is 31.2 Å². The fraction of sp³-hybridized carbons (Fsp3) is 0.588. The van der Waals surface area contributed by atoms with Crippen LogP contribution >= 0.6 is 0 Å². The van der Waals surface area contributed by atoms with Crippen LogP contribution in [0.3, 0.4) is 0 Å². The van der Waals surface area contributed by atoms with E-state index in [1.54, 1.807) is 14.2 Å². The summed E-state index contributed by atoms with van der Waals surface area (Å²) in [5.41, 5.74) is 1.75. The summed E-state index contributed by atoms with van der Waals surface area (Å²) in [6.45, 7) is 4.79. The van der Waals surface area contributed by atoms with Gasteiger partial charge < -0.3 is 9.47 Å². The predicted octanol–water partition coefficient (Wildman–Crippen LogP) is 2.81. The van der Waals surface area contributed by atoms with E-state index in [1.165, 1.54) is 12.8 Å². The van der Waals surface area contributed by atoms with Gasteiger partial charge in [0, 0.05) is 26.2 Å². The monoisotopic (exact) mass is 288 g/mol. The molecule has 2 rings (SSSR count). The molecule has 114 valence electrons. The summed E-state index contributed by atoms with van der Waals surface area (Å²) >= 11 is 0. The van der Waals surface area contributed by atoms with Gasteiger partial charge in [-0.2, -0.15) is 5.26 Å². The first kappa shape index (κ1) is 15.8. The fourth-order valence-electron chi connectivity index (χ4n) is 2.69. The molecular weight excluding hydrogens is 264 g/mol. The number of methoxy groups -OCH3 is 2. The number of hydrogen-bond donors (Lipinski definition) is 0. The zero-order chi connectivity index (χ0) is 15.2. The van der Waals surface area contributed by atoms with Crippen LogP contribution in [0, 0.1) is 17.2 Å². The average molecular weight is 288 g/mol. The van der Waals surface area contributed by atoms with Crippen LogP contribution in [0.2, 0.25) is 0 Å². The molecule has 0 aliphatic heterocycles. The SMILES string of the molecule is COCCN(Cc1ccc(OC)c(C#N)c1)C(C)C1CC1. The first-order valence-corrected chi connectivity index (χ1v) is 7.49. The van der Waals surface area contributed by atoms with Gasteiger partial charge in [-0.05, 0) is 43.4 Å². The minimum Gasteiger partial charge on any atom is -0.495 e. The Morgan fingerprint density at radius 2 is 2.14 bits per heavy atom. The fourth-order valence-corrected chi connectivity index (χ4v) is 2.69. The van der Waals surface area contributed by atoms with Crippen LogP contribution in [0.5, 0.6) is 5.75 Å². The number of hydrogen-bond acceptors (Lipinski definition) is 4. The third kappa shape index (κ3) is 4.20. The minimum absolute atomic E-state index is 0.563. The number of benzene rings is 1. The van der Waals surface area contributed by atoms with Crippen LogP contribution in [0.25, 0.3) is 0 Å². The maximum absolute atomic E-state index is 9.19. The number of rotatable bonds is 8. The van der Waals surface area contributed by atoms with E-state index in [4.69, 9.17) is 9.47 Å². The molecule has 21 heavy (non-hydrogen) atoms. The second-order valence-electron chi connectivity index (χ2n) is 5.69. The third-order valence-corrected chi connectivity index (χ3v) is 4.23. The second kappa shape index (κ2) is 7.44. The van der Waals surface area contributed by atoms with Crippen LogP contribution in [-0.2, 0) is 11.3 Å². The highest BCUT2D eigenvalue weighted by atomic mass is 16.5. The molecule has 0 heterocycles. The zero-order valence-electron chi connectivity index (χ0n) is 13.1. The van der Waals surface area contributed by atoms with Gasteiger partial charge in [0.2, 0.25) is 0 Å². The summed E-state index contributed by atoms with van der Waals surface area (Å²) in [6.07, 6.45) is 2.66. The molecule has 0 bridgehead atoms. The summed E-state index contributed by atoms with van der Waals surface area (Å²) in [4.78, 5) is 2.45. The Labute approximate surface area is 127 Å². The van der Waals surface area contributed by atoms with Crippen molar-refractivity contribution in [2.45, 2.75) is 32.4 Å². The van der Waals surface area contributed by atoms with Gasteiger partial charge in [0.05, 0.1) is 19.3 Å². The Balaban J connectivity index is 2.09. The van der Waals surface area contributed by atoms with Crippen molar-refractivity contribution < 1.29 is 9.47 Å². The number of ether oxygens (including phenoxy) is 2. The lowest BCUT2D eigenvalue weighted by molar-refractivity contribution is 0.111. The van der Waals surface area contributed by atoms with Gasteiger partial charge in [-0.3, -0.25) is 4.90 Å². The maximum Gasteiger partial charge on any atom is 0.136 e. The molecule has 0 saturated heterocycles. The zero-order valence-corrected chi connectivity index (χ0v) is 13.1. The van der Waals surface area contributed by atoms with E-state index in [1.807, 2.05) is 18.2 Å². The standard InChI is InChI=1S/C17H24N2O2/c1-13(15-5-6-15)19(8-9-20-2)12-14-4-7-17(21-3)16(10-14)11-18/h4,7,10,13,15H,5-6,8-9,12H2,1-3H3. The van der Waals surface area contributed by atoms with Crippen molar-refractivity contribution in [1.29, 1.82) is 5.26 Å². The van der Waals surface area contributed by atoms with Gasteiger partial charge in [0.25, 0.3) is 0 Å². The molecule has 1 aromatic carbocycles. The van der Waals surface area contributed by atoms with Crippen molar-refractivity contribution in [1.82, 2.24) is 4.90 Å². The quantitative estimate of drug-likeness (QED) is 0.738. The van der Waals surface area contributed by atoms with Crippen molar-refractivity contribution in [3.8, 4) is 11.8 Å². The summed E-state index contributed by atoms with van der Waals surface area (Å²) in [5.74, 6) is 1.45. The average Bonchev–Trinajstić information content (AvgIpc) is 3.35. The molecular formula is C17H24N2O2. The van der Waals surface area contributed by atoms with Crippen molar-refractivity contribution in [3.63, 3.8) is 0 Å². The normalized spacial score (nSPS) is 15.8. The van der Waals surface area contributed by atoms with Gasteiger partial charge in [-0.1, -0.05) is 6.07 Å². The molecule has 0 aromatic heterocycles. The van der Waals surface area contributed by atoms with Crippen LogP contribution < -0.4 is 4.74 Å². The molecule has 1 unspecified atom stereocenters. The molecule has 1 saturated carbocycles. The van der Waals surface area contributed by atoms with E-state index >= 15 is 0 Å². The molecule has 1 fully saturated rings. The van der Waals surface area contributed by atoms with Gasteiger partial charge in [0.15, 0.2) is 0 Å². The lowest BCUT2D eigenvalue weighted by atomic mass is 10.1. The van der Waals surface area contributed by atoms with Crippen LogP contribution in [-0.4, -0.2) is 38.3 Å². The molecule has 1 aliphatic rings. The molecule has 0 amide bonds. The largest absolute Gasteiger partial charge is 0.495 e. The summed E-state index contributed by atoms with van der Waals surface area (Å²) in [7, 11) is 3.33. The molecule has 1 aliphatic carbocycles. The van der Waals surface area contributed by atoms with E-state index in [-0.39, 0.29) is 0 Å².